The third-order valence-electron chi connectivity index (χ3n) is 8.22. The number of rotatable bonds is 3. The van der Waals surface area contributed by atoms with Gasteiger partial charge in [-0.05, 0) is 48.7 Å². The Morgan fingerprint density at radius 3 is 2.59 bits per heavy atom. The molecule has 5 heterocycles. The van der Waals surface area contributed by atoms with Gasteiger partial charge in [0, 0.05) is 42.0 Å². The smallest absolute Gasteiger partial charge is 0.232 e. The quantitative estimate of drug-likeness (QED) is 0.468. The lowest BCUT2D eigenvalue weighted by molar-refractivity contribution is 0.0580. The zero-order valence-electron chi connectivity index (χ0n) is 19.8. The Morgan fingerprint density at radius 1 is 1.11 bits per heavy atom. The number of hydrogen-bond acceptors (Lipinski definition) is 8. The normalized spacial score (nSPS) is 22.2. The molecule has 0 radical (unpaired) electrons. The molecule has 0 unspecified atom stereocenters. The fourth-order valence-corrected chi connectivity index (χ4v) is 8.05. The predicted molar refractivity (Wildman–Crippen MR) is 134 cm³/mol. The van der Waals surface area contributed by atoms with Crippen LogP contribution in [-0.2, 0) is 22.9 Å². The Bertz CT molecular complexity index is 1570. The highest BCUT2D eigenvalue weighted by atomic mass is 35.5. The van der Waals surface area contributed by atoms with E-state index in [9.17, 15) is 12.8 Å². The molecule has 3 aromatic rings. The van der Waals surface area contributed by atoms with E-state index >= 15 is 0 Å². The third-order valence-corrected chi connectivity index (χ3v) is 10.2. The number of aromatic nitrogens is 4. The lowest BCUT2D eigenvalue weighted by Crippen LogP contribution is -2.62. The zero-order chi connectivity index (χ0) is 25.5. The van der Waals surface area contributed by atoms with E-state index in [4.69, 9.17) is 16.9 Å². The maximum atomic E-state index is 14.0. The van der Waals surface area contributed by atoms with Gasteiger partial charge in [0.15, 0.2) is 15.7 Å². The molecule has 3 aliphatic heterocycles. The Morgan fingerprint density at radius 2 is 1.89 bits per heavy atom. The second kappa shape index (κ2) is 7.96. The van der Waals surface area contributed by atoms with Crippen molar-refractivity contribution >= 4 is 27.3 Å². The van der Waals surface area contributed by atoms with Gasteiger partial charge in [0.2, 0.25) is 5.95 Å². The van der Waals surface area contributed by atoms with E-state index in [-0.39, 0.29) is 34.4 Å². The Kier molecular flexibility index (Phi) is 4.97. The van der Waals surface area contributed by atoms with Gasteiger partial charge in [-0.2, -0.15) is 9.65 Å². The number of sulfone groups is 1. The van der Waals surface area contributed by atoms with Crippen molar-refractivity contribution in [3.8, 4) is 11.8 Å². The first-order chi connectivity index (χ1) is 17.7. The minimum atomic E-state index is -2.95. The maximum absolute atomic E-state index is 14.0. The minimum Gasteiger partial charge on any atom is -0.355 e. The summed E-state index contributed by atoms with van der Waals surface area (Å²) in [5.41, 5.74) is 2.13. The highest BCUT2D eigenvalue weighted by molar-refractivity contribution is 7.92. The van der Waals surface area contributed by atoms with Crippen molar-refractivity contribution in [1.82, 2.24) is 24.6 Å². The summed E-state index contributed by atoms with van der Waals surface area (Å²) in [6, 6.07) is 10.8. The molecule has 0 N–H and O–H groups in total. The molecule has 37 heavy (non-hydrogen) atoms. The van der Waals surface area contributed by atoms with Crippen LogP contribution in [-0.4, -0.2) is 63.7 Å². The molecule has 3 fully saturated rings. The molecule has 0 atom stereocenters. The maximum Gasteiger partial charge on any atom is 0.232 e. The standard InChI is InChI=1S/C25H23ClFN7O2S/c26-18-2-3-20-16(5-18)9-32(19-11-37(35,36)12-19)10-22-30-31-24(34(20)22)17-6-25(7-17)13-33(14-25)21-4-1-15(8-28)23(27)29-21/h1-5,17,19H,6-7,9-14H2. The van der Waals surface area contributed by atoms with Crippen LogP contribution in [0.5, 0.6) is 0 Å². The number of benzene rings is 1. The Hall–Kier alpha value is -3.07. The fourth-order valence-electron chi connectivity index (χ4n) is 6.36. The SMILES string of the molecule is N#Cc1ccc(N2CC3(CC(c4nnc5n4-c4ccc(Cl)cc4CN(C4CS(=O)(=O)C4)C5)C3)C2)nc1F. The van der Waals surface area contributed by atoms with Gasteiger partial charge < -0.3 is 4.90 Å². The second-order valence-electron chi connectivity index (χ2n) is 10.8. The molecule has 4 aliphatic rings. The Labute approximate surface area is 218 Å². The molecule has 2 aromatic heterocycles. The van der Waals surface area contributed by atoms with Gasteiger partial charge in [-0.15, -0.1) is 10.2 Å². The topological polar surface area (TPSA) is 108 Å². The van der Waals surface area contributed by atoms with Crippen LogP contribution in [0.15, 0.2) is 30.3 Å². The van der Waals surface area contributed by atoms with E-state index in [1.807, 2.05) is 29.2 Å². The zero-order valence-corrected chi connectivity index (χ0v) is 21.4. The minimum absolute atomic E-state index is 0.0304. The molecule has 1 aromatic carbocycles. The summed E-state index contributed by atoms with van der Waals surface area (Å²) in [5, 5.41) is 18.7. The molecule has 7 rings (SSSR count). The van der Waals surface area contributed by atoms with Gasteiger partial charge in [0.25, 0.3) is 0 Å². The molecule has 1 saturated carbocycles. The number of nitrogens with zero attached hydrogens (tertiary/aromatic N) is 7. The molecule has 1 aliphatic carbocycles. The summed E-state index contributed by atoms with van der Waals surface area (Å²) in [6.45, 7) is 2.72. The van der Waals surface area contributed by atoms with Crippen molar-refractivity contribution in [2.24, 2.45) is 5.41 Å². The summed E-state index contributed by atoms with van der Waals surface area (Å²) >= 11 is 6.34. The lowest BCUT2D eigenvalue weighted by atomic mass is 9.57. The van der Waals surface area contributed by atoms with Gasteiger partial charge in [-0.25, -0.2) is 13.4 Å². The number of anilines is 1. The molecular formula is C25H23ClFN7O2S. The van der Waals surface area contributed by atoms with E-state index in [0.29, 0.717) is 23.9 Å². The van der Waals surface area contributed by atoms with E-state index in [1.165, 1.54) is 6.07 Å². The van der Waals surface area contributed by atoms with Gasteiger partial charge in [0.1, 0.15) is 23.3 Å². The monoisotopic (exact) mass is 539 g/mol. The van der Waals surface area contributed by atoms with Crippen molar-refractivity contribution < 1.29 is 12.8 Å². The molecule has 9 nitrogen and oxygen atoms in total. The van der Waals surface area contributed by atoms with Gasteiger partial charge >= 0.3 is 0 Å². The largest absolute Gasteiger partial charge is 0.355 e. The molecule has 2 saturated heterocycles. The van der Waals surface area contributed by atoms with E-state index in [1.54, 1.807) is 6.07 Å². The van der Waals surface area contributed by atoms with Crippen LogP contribution in [0.4, 0.5) is 10.2 Å². The van der Waals surface area contributed by atoms with Crippen LogP contribution < -0.4 is 4.90 Å². The highest BCUT2D eigenvalue weighted by Gasteiger charge is 2.54. The van der Waals surface area contributed by atoms with Crippen LogP contribution in [0.3, 0.4) is 0 Å². The highest BCUT2D eigenvalue weighted by Crippen LogP contribution is 2.56. The summed E-state index contributed by atoms with van der Waals surface area (Å²) in [5.74, 6) is 2.15. The van der Waals surface area contributed by atoms with Gasteiger partial charge in [-0.1, -0.05) is 11.6 Å². The molecule has 1 spiro atoms. The Balaban J connectivity index is 1.12. The first-order valence-electron chi connectivity index (χ1n) is 12.2. The van der Waals surface area contributed by atoms with Crippen molar-refractivity contribution in [2.75, 3.05) is 29.5 Å². The van der Waals surface area contributed by atoms with E-state index in [0.717, 1.165) is 48.8 Å². The molecule has 0 amide bonds. The second-order valence-corrected chi connectivity index (χ2v) is 13.4. The number of pyridine rings is 1. The third kappa shape index (κ3) is 3.73. The van der Waals surface area contributed by atoms with Crippen molar-refractivity contribution in [3.05, 3.63) is 64.1 Å². The number of halogens is 2. The van der Waals surface area contributed by atoms with E-state index < -0.39 is 15.8 Å². The van der Waals surface area contributed by atoms with Crippen LogP contribution in [0.1, 0.15) is 41.5 Å². The van der Waals surface area contributed by atoms with Crippen LogP contribution in [0.2, 0.25) is 5.02 Å². The summed E-state index contributed by atoms with van der Waals surface area (Å²) in [4.78, 5) is 8.18. The average molecular weight is 540 g/mol. The number of hydrogen-bond donors (Lipinski definition) is 0. The molecular weight excluding hydrogens is 517 g/mol. The molecule has 190 valence electrons. The van der Waals surface area contributed by atoms with Crippen molar-refractivity contribution in [2.45, 2.75) is 37.9 Å². The van der Waals surface area contributed by atoms with Crippen LogP contribution >= 0.6 is 11.6 Å². The number of nitriles is 1. The summed E-state index contributed by atoms with van der Waals surface area (Å²) < 4.78 is 39.8. The van der Waals surface area contributed by atoms with Crippen LogP contribution in [0.25, 0.3) is 5.69 Å². The lowest BCUT2D eigenvalue weighted by Gasteiger charge is -2.59. The first kappa shape index (κ1) is 23.1. The van der Waals surface area contributed by atoms with Gasteiger partial charge in [-0.3, -0.25) is 9.47 Å². The fraction of sp³-hybridized carbons (Fsp3) is 0.440. The first-order valence-corrected chi connectivity index (χ1v) is 14.4. The average Bonchev–Trinajstić information content (AvgIpc) is 3.11. The summed E-state index contributed by atoms with van der Waals surface area (Å²) in [7, 11) is -2.95. The van der Waals surface area contributed by atoms with E-state index in [2.05, 4.69) is 24.6 Å². The summed E-state index contributed by atoms with van der Waals surface area (Å²) in [6.07, 6.45) is 1.90. The molecule has 0 bridgehead atoms. The van der Waals surface area contributed by atoms with Gasteiger partial charge in [0.05, 0.1) is 23.7 Å². The number of fused-ring (bicyclic) bond motifs is 3. The van der Waals surface area contributed by atoms with Crippen molar-refractivity contribution in [1.29, 1.82) is 5.26 Å². The van der Waals surface area contributed by atoms with Crippen LogP contribution in [0, 0.1) is 22.7 Å². The molecule has 12 heteroatoms. The predicted octanol–water partition coefficient (Wildman–Crippen LogP) is 2.82. The van der Waals surface area contributed by atoms with Crippen molar-refractivity contribution in [3.63, 3.8) is 0 Å².